The molecule has 0 aliphatic heterocycles. The van der Waals surface area contributed by atoms with E-state index in [1.165, 1.54) is 0 Å². The van der Waals surface area contributed by atoms with Gasteiger partial charge in [-0.1, -0.05) is 23.2 Å². The van der Waals surface area contributed by atoms with Crippen molar-refractivity contribution in [3.05, 3.63) is 45.2 Å². The zero-order valence-corrected chi connectivity index (χ0v) is 12.8. The Morgan fingerprint density at radius 2 is 2.00 bits per heavy atom. The van der Waals surface area contributed by atoms with E-state index in [0.29, 0.717) is 10.0 Å². The van der Waals surface area contributed by atoms with E-state index >= 15 is 0 Å². The molecule has 1 unspecified atom stereocenters. The summed E-state index contributed by atoms with van der Waals surface area (Å²) in [6.07, 6.45) is 0.742. The number of nitrogens with two attached hydrogens (primary N) is 1. The molecular weight excluding hydrogens is 281 g/mol. The molecule has 1 aromatic carbocycles. The molecule has 0 radical (unpaired) electrons. The lowest BCUT2D eigenvalue weighted by Crippen LogP contribution is -2.19. The molecule has 1 heterocycles. The van der Waals surface area contributed by atoms with Gasteiger partial charge in [-0.15, -0.1) is 0 Å². The lowest BCUT2D eigenvalue weighted by atomic mass is 10.1. The molecule has 0 amide bonds. The number of aromatic nitrogens is 2. The van der Waals surface area contributed by atoms with Gasteiger partial charge in [0.25, 0.3) is 0 Å². The maximum absolute atomic E-state index is 6.20. The van der Waals surface area contributed by atoms with Gasteiger partial charge in [0.15, 0.2) is 0 Å². The fourth-order valence-corrected chi connectivity index (χ4v) is 2.44. The summed E-state index contributed by atoms with van der Waals surface area (Å²) in [7, 11) is 0. The first-order valence-corrected chi connectivity index (χ1v) is 6.92. The molecule has 0 saturated carbocycles. The Bertz CT molecular complexity index is 603. The van der Waals surface area contributed by atoms with Crippen LogP contribution in [0.2, 0.25) is 10.0 Å². The molecule has 2 rings (SSSR count). The van der Waals surface area contributed by atoms with Gasteiger partial charge < -0.3 is 5.73 Å². The van der Waals surface area contributed by atoms with Gasteiger partial charge in [0.05, 0.1) is 22.1 Å². The van der Waals surface area contributed by atoms with Crippen LogP contribution in [0, 0.1) is 13.8 Å². The van der Waals surface area contributed by atoms with Crippen LogP contribution >= 0.6 is 23.2 Å². The third kappa shape index (κ3) is 2.94. The summed E-state index contributed by atoms with van der Waals surface area (Å²) in [5, 5.41) is 5.88. The van der Waals surface area contributed by atoms with Crippen LogP contribution in [0.15, 0.2) is 18.2 Å². The second-order valence-electron chi connectivity index (χ2n) is 4.85. The molecule has 2 N–H and O–H groups in total. The Morgan fingerprint density at radius 1 is 1.32 bits per heavy atom. The van der Waals surface area contributed by atoms with Crippen molar-refractivity contribution in [2.75, 3.05) is 0 Å². The Kier molecular flexibility index (Phi) is 4.19. The van der Waals surface area contributed by atoms with Crippen molar-refractivity contribution in [2.45, 2.75) is 33.2 Å². The Hall–Kier alpha value is -1.03. The Morgan fingerprint density at radius 3 is 2.53 bits per heavy atom. The summed E-state index contributed by atoms with van der Waals surface area (Å²) in [6, 6.07) is 5.80. The highest BCUT2D eigenvalue weighted by Gasteiger charge is 2.14. The smallest absolute Gasteiger partial charge is 0.0848 e. The number of nitrogens with zero attached hydrogens (tertiary/aromatic N) is 2. The standard InChI is InChI=1S/C14H17Cl2N3/c1-8(17)6-11-7-12(15)4-5-13(11)19-10(3)14(16)9(2)18-19/h4-5,7-8H,6,17H2,1-3H3. The number of halogens is 2. The molecule has 0 saturated heterocycles. The van der Waals surface area contributed by atoms with E-state index in [4.69, 9.17) is 28.9 Å². The van der Waals surface area contributed by atoms with Crippen LogP contribution < -0.4 is 5.73 Å². The van der Waals surface area contributed by atoms with Crippen LogP contribution in [0.5, 0.6) is 0 Å². The van der Waals surface area contributed by atoms with Gasteiger partial charge in [0, 0.05) is 11.1 Å². The lowest BCUT2D eigenvalue weighted by Gasteiger charge is -2.13. The average molecular weight is 298 g/mol. The van der Waals surface area contributed by atoms with Crippen molar-refractivity contribution in [1.82, 2.24) is 9.78 Å². The SMILES string of the molecule is Cc1nn(-c2ccc(Cl)cc2CC(C)N)c(C)c1Cl. The minimum Gasteiger partial charge on any atom is -0.328 e. The van der Waals surface area contributed by atoms with Crippen molar-refractivity contribution >= 4 is 23.2 Å². The predicted molar refractivity (Wildman–Crippen MR) is 80.4 cm³/mol. The topological polar surface area (TPSA) is 43.8 Å². The zero-order valence-electron chi connectivity index (χ0n) is 11.2. The fourth-order valence-electron chi connectivity index (χ4n) is 2.13. The predicted octanol–water partition coefficient (Wildman–Crippen LogP) is 3.69. The van der Waals surface area contributed by atoms with Crippen LogP contribution in [0.4, 0.5) is 0 Å². The Labute approximate surface area is 123 Å². The number of rotatable bonds is 3. The largest absolute Gasteiger partial charge is 0.328 e. The summed E-state index contributed by atoms with van der Waals surface area (Å²) < 4.78 is 1.85. The monoisotopic (exact) mass is 297 g/mol. The molecule has 3 nitrogen and oxygen atoms in total. The van der Waals surface area contributed by atoms with Crippen molar-refractivity contribution in [2.24, 2.45) is 5.73 Å². The van der Waals surface area contributed by atoms with Crippen LogP contribution in [0.1, 0.15) is 23.9 Å². The minimum atomic E-state index is 0.0599. The van der Waals surface area contributed by atoms with E-state index in [-0.39, 0.29) is 6.04 Å². The molecule has 19 heavy (non-hydrogen) atoms. The summed E-state index contributed by atoms with van der Waals surface area (Å²) in [5.74, 6) is 0. The highest BCUT2D eigenvalue weighted by atomic mass is 35.5. The lowest BCUT2D eigenvalue weighted by molar-refractivity contribution is 0.724. The molecule has 102 valence electrons. The molecule has 0 bridgehead atoms. The average Bonchev–Trinajstić information content (AvgIpc) is 2.57. The summed E-state index contributed by atoms with van der Waals surface area (Å²) in [5.41, 5.74) is 9.69. The van der Waals surface area contributed by atoms with E-state index in [1.807, 2.05) is 43.7 Å². The second-order valence-corrected chi connectivity index (χ2v) is 5.67. The third-order valence-electron chi connectivity index (χ3n) is 3.01. The number of hydrogen-bond donors (Lipinski definition) is 1. The number of benzene rings is 1. The maximum Gasteiger partial charge on any atom is 0.0848 e. The first kappa shape index (κ1) is 14.4. The van der Waals surface area contributed by atoms with Crippen LogP contribution in [-0.4, -0.2) is 15.8 Å². The Balaban J connectivity index is 2.57. The van der Waals surface area contributed by atoms with Gasteiger partial charge >= 0.3 is 0 Å². The maximum atomic E-state index is 6.20. The molecule has 2 aromatic rings. The summed E-state index contributed by atoms with van der Waals surface area (Å²) in [4.78, 5) is 0. The molecule has 0 aliphatic carbocycles. The first-order chi connectivity index (χ1) is 8.90. The van der Waals surface area contributed by atoms with Crippen molar-refractivity contribution in [3.8, 4) is 5.69 Å². The summed E-state index contributed by atoms with van der Waals surface area (Å²) >= 11 is 12.3. The molecule has 5 heteroatoms. The van der Waals surface area contributed by atoms with E-state index in [2.05, 4.69) is 5.10 Å². The van der Waals surface area contributed by atoms with E-state index < -0.39 is 0 Å². The van der Waals surface area contributed by atoms with Gasteiger partial charge in [-0.25, -0.2) is 4.68 Å². The first-order valence-electron chi connectivity index (χ1n) is 6.16. The number of aryl methyl sites for hydroxylation is 1. The number of hydrogen-bond acceptors (Lipinski definition) is 2. The van der Waals surface area contributed by atoms with Gasteiger partial charge in [-0.3, -0.25) is 0 Å². The molecule has 1 atom stereocenters. The van der Waals surface area contributed by atoms with Gasteiger partial charge in [-0.05, 0) is 51.0 Å². The molecule has 0 aliphatic rings. The van der Waals surface area contributed by atoms with Crippen molar-refractivity contribution in [1.29, 1.82) is 0 Å². The van der Waals surface area contributed by atoms with Crippen LogP contribution in [0.3, 0.4) is 0 Å². The normalized spacial score (nSPS) is 12.7. The van der Waals surface area contributed by atoms with E-state index in [9.17, 15) is 0 Å². The van der Waals surface area contributed by atoms with Gasteiger partial charge in [0.2, 0.25) is 0 Å². The summed E-state index contributed by atoms with van der Waals surface area (Å²) in [6.45, 7) is 5.82. The quantitative estimate of drug-likeness (QED) is 0.939. The fraction of sp³-hybridized carbons (Fsp3) is 0.357. The third-order valence-corrected chi connectivity index (χ3v) is 3.80. The molecule has 0 spiro atoms. The van der Waals surface area contributed by atoms with Crippen LogP contribution in [-0.2, 0) is 6.42 Å². The second kappa shape index (κ2) is 5.53. The molecular formula is C14H17Cl2N3. The van der Waals surface area contributed by atoms with Crippen molar-refractivity contribution in [3.63, 3.8) is 0 Å². The van der Waals surface area contributed by atoms with Gasteiger partial charge in [-0.2, -0.15) is 5.10 Å². The van der Waals surface area contributed by atoms with E-state index in [1.54, 1.807) is 0 Å². The van der Waals surface area contributed by atoms with E-state index in [0.717, 1.165) is 29.1 Å². The highest BCUT2D eigenvalue weighted by Crippen LogP contribution is 2.26. The van der Waals surface area contributed by atoms with Crippen molar-refractivity contribution < 1.29 is 0 Å². The molecule has 1 aromatic heterocycles. The highest BCUT2D eigenvalue weighted by molar-refractivity contribution is 6.32. The van der Waals surface area contributed by atoms with Crippen LogP contribution in [0.25, 0.3) is 5.69 Å². The molecule has 0 fully saturated rings. The zero-order chi connectivity index (χ0) is 14.2. The van der Waals surface area contributed by atoms with Gasteiger partial charge in [0.1, 0.15) is 0 Å². The minimum absolute atomic E-state index is 0.0599.